The lowest BCUT2D eigenvalue weighted by Crippen LogP contribution is -2.44. The highest BCUT2D eigenvalue weighted by atomic mass is 32.1. The van der Waals surface area contributed by atoms with Crippen LogP contribution in [0.2, 0.25) is 0 Å². The molecule has 1 aromatic carbocycles. The molecule has 0 fully saturated rings. The number of benzene rings is 1. The van der Waals surface area contributed by atoms with Crippen molar-refractivity contribution in [3.63, 3.8) is 0 Å². The molecular weight excluding hydrogens is 238 g/mol. The van der Waals surface area contributed by atoms with E-state index < -0.39 is 6.09 Å². The van der Waals surface area contributed by atoms with Gasteiger partial charge in [0.05, 0.1) is 6.61 Å². The third-order valence-corrected chi connectivity index (χ3v) is 2.03. The number of nitrogens with one attached hydrogen (secondary N) is 3. The highest BCUT2D eigenvalue weighted by molar-refractivity contribution is 7.80. The maximum absolute atomic E-state index is 11.0. The van der Waals surface area contributed by atoms with E-state index >= 15 is 0 Å². The van der Waals surface area contributed by atoms with Gasteiger partial charge in [0.2, 0.25) is 0 Å². The summed E-state index contributed by atoms with van der Waals surface area (Å²) in [6, 6.07) is 7.72. The average molecular weight is 253 g/mol. The van der Waals surface area contributed by atoms with Crippen LogP contribution in [0.4, 0.5) is 10.5 Å². The van der Waals surface area contributed by atoms with Crippen molar-refractivity contribution in [2.75, 3.05) is 11.9 Å². The van der Waals surface area contributed by atoms with Crippen LogP contribution in [0.15, 0.2) is 24.3 Å². The zero-order chi connectivity index (χ0) is 12.7. The van der Waals surface area contributed by atoms with Crippen molar-refractivity contribution in [1.29, 1.82) is 0 Å². The summed E-state index contributed by atoms with van der Waals surface area (Å²) in [5.74, 6) is 0. The van der Waals surface area contributed by atoms with E-state index in [1.807, 2.05) is 31.2 Å². The number of amides is 1. The van der Waals surface area contributed by atoms with Gasteiger partial charge in [0.25, 0.3) is 0 Å². The predicted octanol–water partition coefficient (Wildman–Crippen LogP) is 1.94. The second kappa shape index (κ2) is 6.70. The average Bonchev–Trinajstić information content (AvgIpc) is 2.27. The van der Waals surface area contributed by atoms with Gasteiger partial charge in [0.1, 0.15) is 0 Å². The number of hydrogen-bond acceptors (Lipinski definition) is 3. The highest BCUT2D eigenvalue weighted by Gasteiger charge is 2.01. The molecule has 17 heavy (non-hydrogen) atoms. The van der Waals surface area contributed by atoms with Crippen molar-refractivity contribution in [3.8, 4) is 0 Å². The molecule has 0 saturated carbocycles. The lowest BCUT2D eigenvalue weighted by molar-refractivity contribution is 0.150. The molecule has 3 N–H and O–H groups in total. The summed E-state index contributed by atoms with van der Waals surface area (Å²) in [7, 11) is 0. The number of aryl methyl sites for hydroxylation is 1. The number of anilines is 1. The largest absolute Gasteiger partial charge is 0.449 e. The van der Waals surface area contributed by atoms with Gasteiger partial charge in [0.15, 0.2) is 5.11 Å². The summed E-state index contributed by atoms with van der Waals surface area (Å²) in [6.45, 7) is 4.02. The van der Waals surface area contributed by atoms with Crippen molar-refractivity contribution in [2.24, 2.45) is 0 Å². The maximum Gasteiger partial charge on any atom is 0.425 e. The minimum atomic E-state index is -0.569. The van der Waals surface area contributed by atoms with Crippen LogP contribution in [0.1, 0.15) is 12.5 Å². The van der Waals surface area contributed by atoms with Gasteiger partial charge in [-0.25, -0.2) is 10.2 Å². The fraction of sp³-hybridized carbons (Fsp3) is 0.273. The number of ether oxygens (including phenoxy) is 1. The molecule has 0 unspecified atom stereocenters. The van der Waals surface area contributed by atoms with Crippen LogP contribution in [0.25, 0.3) is 0 Å². The zero-order valence-electron chi connectivity index (χ0n) is 9.74. The molecule has 0 bridgehead atoms. The first-order valence-corrected chi connectivity index (χ1v) is 5.59. The van der Waals surface area contributed by atoms with Crippen molar-refractivity contribution in [1.82, 2.24) is 10.9 Å². The fourth-order valence-corrected chi connectivity index (χ4v) is 1.33. The number of thiocarbonyl (C=S) groups is 1. The molecule has 0 atom stereocenters. The Morgan fingerprint density at radius 3 is 2.82 bits per heavy atom. The van der Waals surface area contributed by atoms with Gasteiger partial charge in [-0.1, -0.05) is 12.1 Å². The lowest BCUT2D eigenvalue weighted by Gasteiger charge is -2.11. The Labute approximate surface area is 106 Å². The minimum Gasteiger partial charge on any atom is -0.449 e. The molecule has 0 heterocycles. The van der Waals surface area contributed by atoms with E-state index in [0.717, 1.165) is 11.3 Å². The molecule has 0 aliphatic rings. The van der Waals surface area contributed by atoms with Crippen molar-refractivity contribution in [2.45, 2.75) is 13.8 Å². The lowest BCUT2D eigenvalue weighted by atomic mass is 10.2. The third kappa shape index (κ3) is 5.17. The van der Waals surface area contributed by atoms with Gasteiger partial charge in [-0.05, 0) is 43.8 Å². The van der Waals surface area contributed by atoms with E-state index in [1.165, 1.54) is 0 Å². The molecule has 5 nitrogen and oxygen atoms in total. The van der Waals surface area contributed by atoms with Gasteiger partial charge in [-0.15, -0.1) is 0 Å². The molecule has 1 rings (SSSR count). The molecule has 92 valence electrons. The summed E-state index contributed by atoms with van der Waals surface area (Å²) in [5.41, 5.74) is 6.81. The summed E-state index contributed by atoms with van der Waals surface area (Å²) >= 11 is 4.99. The molecule has 1 aromatic rings. The summed E-state index contributed by atoms with van der Waals surface area (Å²) in [5, 5.41) is 3.23. The van der Waals surface area contributed by atoms with E-state index in [2.05, 4.69) is 20.9 Å². The number of rotatable bonds is 2. The van der Waals surface area contributed by atoms with Gasteiger partial charge in [-0.2, -0.15) is 0 Å². The second-order valence-electron chi connectivity index (χ2n) is 3.29. The van der Waals surface area contributed by atoms with Crippen LogP contribution in [0, 0.1) is 6.92 Å². The second-order valence-corrected chi connectivity index (χ2v) is 3.70. The normalized spacial score (nSPS) is 9.29. The van der Waals surface area contributed by atoms with E-state index in [9.17, 15) is 4.79 Å². The van der Waals surface area contributed by atoms with Crippen LogP contribution >= 0.6 is 12.2 Å². The maximum atomic E-state index is 11.0. The quantitative estimate of drug-likeness (QED) is 0.555. The van der Waals surface area contributed by atoms with Gasteiger partial charge in [-0.3, -0.25) is 5.43 Å². The summed E-state index contributed by atoms with van der Waals surface area (Å²) in [6.07, 6.45) is -0.569. The highest BCUT2D eigenvalue weighted by Crippen LogP contribution is 2.08. The van der Waals surface area contributed by atoms with Crippen molar-refractivity contribution < 1.29 is 9.53 Å². The van der Waals surface area contributed by atoms with E-state index in [4.69, 9.17) is 12.2 Å². The Morgan fingerprint density at radius 2 is 2.18 bits per heavy atom. The standard InChI is InChI=1S/C11H15N3O2S/c1-3-16-11(15)14-13-10(17)12-9-6-4-5-8(2)7-9/h4-7H,3H2,1-2H3,(H,14,15)(H2,12,13,17). The number of carbonyl (C=O) groups excluding carboxylic acids is 1. The molecule has 6 heteroatoms. The Balaban J connectivity index is 2.37. The van der Waals surface area contributed by atoms with Crippen LogP contribution < -0.4 is 16.2 Å². The summed E-state index contributed by atoms with van der Waals surface area (Å²) in [4.78, 5) is 11.0. The SMILES string of the molecule is CCOC(=O)NNC(=S)Nc1cccc(C)c1. The first kappa shape index (κ1) is 13.2. The molecule has 0 aromatic heterocycles. The first-order chi connectivity index (χ1) is 8.11. The molecule has 0 radical (unpaired) electrons. The molecule has 0 aliphatic heterocycles. The van der Waals surface area contributed by atoms with Crippen LogP contribution in [0.5, 0.6) is 0 Å². The minimum absolute atomic E-state index is 0.295. The van der Waals surface area contributed by atoms with Crippen LogP contribution in [-0.2, 0) is 4.74 Å². The Hall–Kier alpha value is -1.82. The van der Waals surface area contributed by atoms with Crippen LogP contribution in [0.3, 0.4) is 0 Å². The molecule has 0 aliphatic carbocycles. The topological polar surface area (TPSA) is 62.4 Å². The molecular formula is C11H15N3O2S. The Bertz CT molecular complexity index is 409. The summed E-state index contributed by atoms with van der Waals surface area (Å²) < 4.78 is 4.66. The first-order valence-electron chi connectivity index (χ1n) is 5.18. The Kier molecular flexibility index (Phi) is 5.22. The number of hydrazine groups is 1. The fourth-order valence-electron chi connectivity index (χ4n) is 1.16. The van der Waals surface area contributed by atoms with E-state index in [-0.39, 0.29) is 0 Å². The van der Waals surface area contributed by atoms with E-state index in [1.54, 1.807) is 6.92 Å². The van der Waals surface area contributed by atoms with Crippen molar-refractivity contribution >= 4 is 29.1 Å². The number of hydrogen-bond donors (Lipinski definition) is 3. The third-order valence-electron chi connectivity index (χ3n) is 1.83. The van der Waals surface area contributed by atoms with Crippen molar-refractivity contribution in [3.05, 3.63) is 29.8 Å². The van der Waals surface area contributed by atoms with Crippen LogP contribution in [-0.4, -0.2) is 17.8 Å². The molecule has 0 spiro atoms. The smallest absolute Gasteiger partial charge is 0.425 e. The monoisotopic (exact) mass is 253 g/mol. The predicted molar refractivity (Wildman–Crippen MR) is 70.7 cm³/mol. The van der Waals surface area contributed by atoms with Gasteiger partial charge >= 0.3 is 6.09 Å². The zero-order valence-corrected chi connectivity index (χ0v) is 10.6. The van der Waals surface area contributed by atoms with Gasteiger partial charge in [0, 0.05) is 5.69 Å². The molecule has 1 amide bonds. The molecule has 0 saturated heterocycles. The Morgan fingerprint density at radius 1 is 1.41 bits per heavy atom. The van der Waals surface area contributed by atoms with E-state index in [0.29, 0.717) is 11.7 Å². The number of carbonyl (C=O) groups is 1. The van der Waals surface area contributed by atoms with Gasteiger partial charge < -0.3 is 10.1 Å².